The van der Waals surface area contributed by atoms with Crippen LogP contribution in [0.15, 0.2) is 15.6 Å². The number of hydrogen-bond donors (Lipinski definition) is 3. The van der Waals surface area contributed by atoms with Gasteiger partial charge in [-0.15, -0.1) is 0 Å². The van der Waals surface area contributed by atoms with Gasteiger partial charge in [-0.05, 0) is 20.9 Å². The van der Waals surface area contributed by atoms with E-state index in [-0.39, 0.29) is 11.6 Å². The van der Waals surface area contributed by atoms with Crippen LogP contribution in [0, 0.1) is 13.8 Å². The van der Waals surface area contributed by atoms with Crippen LogP contribution >= 0.6 is 0 Å². The molecule has 3 N–H and O–H groups in total. The van der Waals surface area contributed by atoms with Gasteiger partial charge in [0.2, 0.25) is 0 Å². The molecule has 8 nitrogen and oxygen atoms in total. The summed E-state index contributed by atoms with van der Waals surface area (Å²) < 4.78 is 31.8. The third kappa shape index (κ3) is 3.06. The summed E-state index contributed by atoms with van der Waals surface area (Å²) >= 11 is 0. The Bertz CT molecular complexity index is 689. The average molecular weight is 299 g/mol. The number of H-pyrrole nitrogens is 1. The molecule has 0 bridgehead atoms. The quantitative estimate of drug-likeness (QED) is 0.703. The summed E-state index contributed by atoms with van der Waals surface area (Å²) in [6, 6.07) is 1.67. The first kappa shape index (κ1) is 14.7. The molecule has 0 saturated heterocycles. The van der Waals surface area contributed by atoms with Crippen LogP contribution in [-0.2, 0) is 23.1 Å². The molecule has 110 valence electrons. The zero-order valence-corrected chi connectivity index (χ0v) is 12.3. The molecule has 0 amide bonds. The van der Waals surface area contributed by atoms with Gasteiger partial charge >= 0.3 is 0 Å². The lowest BCUT2D eigenvalue weighted by molar-refractivity contribution is 0.390. The highest BCUT2D eigenvalue weighted by atomic mass is 32.2. The fraction of sp³-hybridized carbons (Fsp3) is 0.455. The summed E-state index contributed by atoms with van der Waals surface area (Å²) in [5.74, 6) is 0.630. The van der Waals surface area contributed by atoms with Crippen molar-refractivity contribution in [2.45, 2.75) is 32.0 Å². The van der Waals surface area contributed by atoms with E-state index in [2.05, 4.69) is 25.4 Å². The topological polar surface area (TPSA) is 113 Å². The first-order valence-electron chi connectivity index (χ1n) is 6.04. The molecule has 2 heterocycles. The van der Waals surface area contributed by atoms with Gasteiger partial charge in [-0.2, -0.15) is 5.10 Å². The molecule has 0 aliphatic heterocycles. The van der Waals surface area contributed by atoms with E-state index in [1.165, 1.54) is 0 Å². The molecule has 2 aromatic heterocycles. The Balaban J connectivity index is 2.18. The second-order valence-electron chi connectivity index (χ2n) is 4.42. The normalized spacial score (nSPS) is 11.9. The van der Waals surface area contributed by atoms with Gasteiger partial charge < -0.3 is 9.84 Å². The van der Waals surface area contributed by atoms with Gasteiger partial charge in [0.15, 0.2) is 5.03 Å². The lowest BCUT2D eigenvalue weighted by atomic mass is 10.3. The van der Waals surface area contributed by atoms with Crippen molar-refractivity contribution in [3.63, 3.8) is 0 Å². The van der Waals surface area contributed by atoms with Gasteiger partial charge in [-0.3, -0.25) is 5.10 Å². The van der Waals surface area contributed by atoms with E-state index in [4.69, 9.17) is 4.52 Å². The maximum absolute atomic E-state index is 12.2. The summed E-state index contributed by atoms with van der Waals surface area (Å²) in [6.07, 6.45) is 0. The number of nitrogens with zero attached hydrogens (tertiary/aromatic N) is 2. The Morgan fingerprint density at radius 1 is 1.35 bits per heavy atom. The van der Waals surface area contributed by atoms with Crippen LogP contribution in [-0.4, -0.2) is 30.8 Å². The minimum Gasteiger partial charge on any atom is -0.361 e. The van der Waals surface area contributed by atoms with Crippen molar-refractivity contribution in [3.05, 3.63) is 28.8 Å². The van der Waals surface area contributed by atoms with E-state index >= 15 is 0 Å². The number of aromatic nitrogens is 3. The molecule has 0 spiro atoms. The number of hydrogen-bond acceptors (Lipinski definition) is 6. The van der Waals surface area contributed by atoms with Crippen molar-refractivity contribution < 1.29 is 12.9 Å². The van der Waals surface area contributed by atoms with Gasteiger partial charge in [-0.25, -0.2) is 13.1 Å². The molecule has 0 saturated carbocycles. The Hall–Kier alpha value is -1.71. The summed E-state index contributed by atoms with van der Waals surface area (Å²) in [7, 11) is -1.95. The van der Waals surface area contributed by atoms with Crippen molar-refractivity contribution in [1.82, 2.24) is 25.4 Å². The molecule has 0 unspecified atom stereocenters. The van der Waals surface area contributed by atoms with Crippen LogP contribution in [0.4, 0.5) is 0 Å². The maximum atomic E-state index is 12.2. The van der Waals surface area contributed by atoms with Gasteiger partial charge in [0, 0.05) is 23.9 Å². The van der Waals surface area contributed by atoms with Crippen molar-refractivity contribution in [3.8, 4) is 0 Å². The molecular formula is C11H17N5O3S. The van der Waals surface area contributed by atoms with E-state index in [9.17, 15) is 8.42 Å². The molecule has 2 aromatic rings. The molecule has 0 atom stereocenters. The molecule has 0 aliphatic rings. The smallest absolute Gasteiger partial charge is 0.260 e. The number of rotatable bonds is 6. The first-order valence-corrected chi connectivity index (χ1v) is 7.52. The standard InChI is InChI=1S/C11H17N5O3S/c1-7-4-9(16-19-7)5-13-20(17,18)11-10(6-12-3)8(2)14-15-11/h4,12-13H,5-6H2,1-3H3,(H,14,15). The monoisotopic (exact) mass is 299 g/mol. The largest absolute Gasteiger partial charge is 0.361 e. The minimum absolute atomic E-state index is 0.00423. The molecule has 0 aromatic carbocycles. The second kappa shape index (κ2) is 5.73. The van der Waals surface area contributed by atoms with E-state index in [1.807, 2.05) is 0 Å². The molecule has 2 rings (SSSR count). The fourth-order valence-electron chi connectivity index (χ4n) is 1.78. The molecule has 9 heteroatoms. The van der Waals surface area contributed by atoms with Gasteiger partial charge in [0.1, 0.15) is 5.76 Å². The van der Waals surface area contributed by atoms with E-state index in [0.29, 0.717) is 23.6 Å². The third-order valence-electron chi connectivity index (χ3n) is 2.76. The minimum atomic E-state index is -3.70. The van der Waals surface area contributed by atoms with Crippen LogP contribution < -0.4 is 10.0 Å². The van der Waals surface area contributed by atoms with Crippen molar-refractivity contribution >= 4 is 10.0 Å². The Morgan fingerprint density at radius 3 is 2.70 bits per heavy atom. The lowest BCUT2D eigenvalue weighted by Gasteiger charge is -2.05. The summed E-state index contributed by atoms with van der Waals surface area (Å²) in [5.41, 5.74) is 1.86. The van der Waals surface area contributed by atoms with Crippen molar-refractivity contribution in [2.75, 3.05) is 7.05 Å². The highest BCUT2D eigenvalue weighted by Gasteiger charge is 2.23. The van der Waals surface area contributed by atoms with Crippen LogP contribution in [0.1, 0.15) is 22.7 Å². The van der Waals surface area contributed by atoms with Crippen LogP contribution in [0.5, 0.6) is 0 Å². The van der Waals surface area contributed by atoms with Gasteiger partial charge in [0.25, 0.3) is 10.0 Å². The number of sulfonamides is 1. The van der Waals surface area contributed by atoms with E-state index in [1.54, 1.807) is 27.0 Å². The van der Waals surface area contributed by atoms with Crippen molar-refractivity contribution in [1.29, 1.82) is 0 Å². The molecule has 20 heavy (non-hydrogen) atoms. The van der Waals surface area contributed by atoms with Crippen molar-refractivity contribution in [2.24, 2.45) is 0 Å². The van der Waals surface area contributed by atoms with Gasteiger partial charge in [0.05, 0.1) is 12.2 Å². The van der Waals surface area contributed by atoms with Crippen LogP contribution in [0.25, 0.3) is 0 Å². The first-order chi connectivity index (χ1) is 9.44. The Labute approximate surface area is 117 Å². The highest BCUT2D eigenvalue weighted by Crippen LogP contribution is 2.16. The number of aromatic amines is 1. The van der Waals surface area contributed by atoms with Crippen LogP contribution in [0.3, 0.4) is 0 Å². The molecule has 0 fully saturated rings. The molecule has 0 aliphatic carbocycles. The summed E-state index contributed by atoms with van der Waals surface area (Å²) in [6.45, 7) is 4.00. The average Bonchev–Trinajstić information content (AvgIpc) is 2.96. The summed E-state index contributed by atoms with van der Waals surface area (Å²) in [4.78, 5) is 0. The highest BCUT2D eigenvalue weighted by molar-refractivity contribution is 7.89. The third-order valence-corrected chi connectivity index (χ3v) is 4.14. The van der Waals surface area contributed by atoms with Crippen LogP contribution in [0.2, 0.25) is 0 Å². The SMILES string of the molecule is CNCc1c(S(=O)(=O)NCc2cc(C)on2)n[nH]c1C. The van der Waals surface area contributed by atoms with Gasteiger partial charge in [-0.1, -0.05) is 5.16 Å². The van der Waals surface area contributed by atoms with E-state index in [0.717, 1.165) is 5.69 Å². The number of nitrogens with one attached hydrogen (secondary N) is 3. The Morgan fingerprint density at radius 2 is 2.10 bits per heavy atom. The summed E-state index contributed by atoms with van der Waals surface area (Å²) in [5, 5.41) is 13.2. The zero-order chi connectivity index (χ0) is 14.8. The Kier molecular flexibility index (Phi) is 4.21. The second-order valence-corrected chi connectivity index (χ2v) is 6.10. The predicted octanol–water partition coefficient (Wildman–Crippen LogP) is 0.212. The predicted molar refractivity (Wildman–Crippen MR) is 71.4 cm³/mol. The fourth-order valence-corrected chi connectivity index (χ4v) is 2.97. The maximum Gasteiger partial charge on any atom is 0.260 e. The molecular weight excluding hydrogens is 282 g/mol. The number of aryl methyl sites for hydroxylation is 2. The lowest BCUT2D eigenvalue weighted by Crippen LogP contribution is -2.25. The van der Waals surface area contributed by atoms with E-state index < -0.39 is 10.0 Å². The molecule has 0 radical (unpaired) electrons. The zero-order valence-electron chi connectivity index (χ0n) is 11.5.